The third-order valence-corrected chi connectivity index (χ3v) is 6.33. The molecule has 1 aliphatic carbocycles. The summed E-state index contributed by atoms with van der Waals surface area (Å²) in [6.07, 6.45) is 6.56. The van der Waals surface area contributed by atoms with Gasteiger partial charge in [0.2, 0.25) is 0 Å². The molecule has 0 bridgehead atoms. The molecule has 2 aromatic rings. The van der Waals surface area contributed by atoms with Crippen LogP contribution < -0.4 is 5.32 Å². The number of rotatable bonds is 8. The van der Waals surface area contributed by atoms with Gasteiger partial charge in [0, 0.05) is 13.3 Å². The van der Waals surface area contributed by atoms with Crippen LogP contribution in [0.2, 0.25) is 0 Å². The summed E-state index contributed by atoms with van der Waals surface area (Å²) in [5, 5.41) is 17.8. The van der Waals surface area contributed by atoms with Crippen molar-refractivity contribution in [3.05, 3.63) is 72.1 Å². The summed E-state index contributed by atoms with van der Waals surface area (Å²) in [5.41, 5.74) is 5.81. The minimum absolute atomic E-state index is 0.505. The third-order valence-electron chi connectivity index (χ3n) is 6.33. The van der Waals surface area contributed by atoms with E-state index in [1.54, 1.807) is 6.21 Å². The van der Waals surface area contributed by atoms with Crippen LogP contribution in [-0.4, -0.2) is 17.9 Å². The highest BCUT2D eigenvalue weighted by Crippen LogP contribution is 2.46. The largest absolute Gasteiger partial charge is 0.387 e. The van der Waals surface area contributed by atoms with Gasteiger partial charge in [0.25, 0.3) is 0 Å². The van der Waals surface area contributed by atoms with Crippen molar-refractivity contribution >= 4 is 17.5 Å². The highest BCUT2D eigenvalue weighted by Gasteiger charge is 2.43. The second kappa shape index (κ2) is 9.17. The van der Waals surface area contributed by atoms with Gasteiger partial charge in [-0.1, -0.05) is 43.0 Å². The highest BCUT2D eigenvalue weighted by atomic mass is 15.4. The molecule has 0 radical (unpaired) electrons. The Hall–Kier alpha value is -3.06. The Morgan fingerprint density at radius 3 is 2.67 bits per heavy atom. The molecule has 0 aliphatic heterocycles. The maximum atomic E-state index is 10.2. The lowest BCUT2D eigenvalue weighted by Crippen LogP contribution is -2.24. The highest BCUT2D eigenvalue weighted by molar-refractivity contribution is 5.63. The first-order valence-corrected chi connectivity index (χ1v) is 10.7. The van der Waals surface area contributed by atoms with Gasteiger partial charge in [0.15, 0.2) is 0 Å². The van der Waals surface area contributed by atoms with Crippen molar-refractivity contribution < 1.29 is 0 Å². The molecule has 0 spiro atoms. The number of hydrogen-bond donors (Lipinski definition) is 1. The molecule has 1 N–H and O–H groups in total. The monoisotopic (exact) mass is 400 g/mol. The van der Waals surface area contributed by atoms with Gasteiger partial charge in [-0.25, -0.2) is 4.68 Å². The maximum Gasteiger partial charge on any atom is 0.0996 e. The van der Waals surface area contributed by atoms with Gasteiger partial charge in [-0.2, -0.15) is 10.4 Å². The van der Waals surface area contributed by atoms with E-state index in [9.17, 15) is 5.26 Å². The lowest BCUT2D eigenvalue weighted by Gasteiger charge is -2.23. The second-order valence-corrected chi connectivity index (χ2v) is 8.33. The third kappa shape index (κ3) is 4.26. The first-order chi connectivity index (χ1) is 14.4. The van der Waals surface area contributed by atoms with Crippen LogP contribution >= 0.6 is 0 Å². The zero-order chi connectivity index (χ0) is 21.7. The molecule has 1 heterocycles. The van der Waals surface area contributed by atoms with E-state index >= 15 is 0 Å². The van der Waals surface area contributed by atoms with Crippen molar-refractivity contribution in [2.24, 2.45) is 11.0 Å². The van der Waals surface area contributed by atoms with E-state index in [1.165, 1.54) is 16.7 Å². The van der Waals surface area contributed by atoms with Gasteiger partial charge in [-0.05, 0) is 75.1 Å². The van der Waals surface area contributed by atoms with Gasteiger partial charge in [0.1, 0.15) is 0 Å². The van der Waals surface area contributed by atoms with E-state index < -0.39 is 5.41 Å². The Morgan fingerprint density at radius 1 is 1.30 bits per heavy atom. The van der Waals surface area contributed by atoms with Crippen LogP contribution in [-0.2, 0) is 5.41 Å². The summed E-state index contributed by atoms with van der Waals surface area (Å²) < 4.78 is 1.88. The molecule has 1 aromatic carbocycles. The number of benzene rings is 1. The fourth-order valence-corrected chi connectivity index (χ4v) is 4.48. The molecule has 3 rings (SSSR count). The van der Waals surface area contributed by atoms with Crippen LogP contribution in [0.25, 0.3) is 11.3 Å². The first kappa shape index (κ1) is 21.6. The maximum absolute atomic E-state index is 10.2. The summed E-state index contributed by atoms with van der Waals surface area (Å²) in [7, 11) is 1.85. The molecule has 1 aromatic heterocycles. The number of allylic oxidation sites excluding steroid dienone is 1. The smallest absolute Gasteiger partial charge is 0.0996 e. The first-order valence-electron chi connectivity index (χ1n) is 10.7. The van der Waals surface area contributed by atoms with Crippen molar-refractivity contribution in [1.82, 2.24) is 9.99 Å². The Labute approximate surface area is 180 Å². The lowest BCUT2D eigenvalue weighted by molar-refractivity contribution is 0.462. The van der Waals surface area contributed by atoms with Gasteiger partial charge in [-0.3, -0.25) is 0 Å². The van der Waals surface area contributed by atoms with Crippen LogP contribution in [0.15, 0.2) is 54.7 Å². The summed E-state index contributed by atoms with van der Waals surface area (Å²) >= 11 is 0. The Morgan fingerprint density at radius 2 is 2.03 bits per heavy atom. The molecule has 1 aliphatic rings. The van der Waals surface area contributed by atoms with E-state index in [0.29, 0.717) is 5.92 Å². The average Bonchev–Trinajstić information content (AvgIpc) is 3.37. The molecule has 1 fully saturated rings. The molecule has 156 valence electrons. The molecule has 0 amide bonds. The van der Waals surface area contributed by atoms with Gasteiger partial charge < -0.3 is 5.32 Å². The van der Waals surface area contributed by atoms with Gasteiger partial charge >= 0.3 is 0 Å². The van der Waals surface area contributed by atoms with Crippen molar-refractivity contribution in [2.75, 3.05) is 7.05 Å². The summed E-state index contributed by atoms with van der Waals surface area (Å²) in [5.74, 6) is 0.511. The topological polar surface area (TPSA) is 53.1 Å². The fraction of sp³-hybridized carbons (Fsp3) is 0.385. The molecule has 2 unspecified atom stereocenters. The van der Waals surface area contributed by atoms with E-state index in [2.05, 4.69) is 60.8 Å². The van der Waals surface area contributed by atoms with E-state index in [4.69, 9.17) is 0 Å². The normalized spacial score (nSPS) is 20.9. The number of hydrogen-bond acceptors (Lipinski definition) is 3. The molecule has 2 atom stereocenters. The molecule has 4 heteroatoms. The summed E-state index contributed by atoms with van der Waals surface area (Å²) in [6, 6.07) is 15.3. The average molecular weight is 401 g/mol. The molecular formula is C26H32N4. The molecule has 0 saturated heterocycles. The zero-order valence-corrected chi connectivity index (χ0v) is 18.4. The summed E-state index contributed by atoms with van der Waals surface area (Å²) in [6.45, 7) is 12.4. The lowest BCUT2D eigenvalue weighted by atomic mass is 9.82. The molecule has 30 heavy (non-hydrogen) atoms. The van der Waals surface area contributed by atoms with Crippen molar-refractivity contribution in [3.63, 3.8) is 0 Å². The van der Waals surface area contributed by atoms with Crippen LogP contribution in [0.1, 0.15) is 61.5 Å². The van der Waals surface area contributed by atoms with Crippen LogP contribution in [0.3, 0.4) is 0 Å². The van der Waals surface area contributed by atoms with Gasteiger partial charge in [-0.15, -0.1) is 0 Å². The SMILES string of the molecule is C=C(CCC1CCC(C#N)(c2ccc(C(=C)NC)n2/N=C\C)C1)c1ccc(C)cc1. The van der Waals surface area contributed by atoms with Gasteiger partial charge in [0.05, 0.1) is 28.6 Å². The molecule has 1 saturated carbocycles. The molecular weight excluding hydrogens is 368 g/mol. The van der Waals surface area contributed by atoms with Crippen LogP contribution in [0, 0.1) is 24.2 Å². The predicted octanol–water partition coefficient (Wildman–Crippen LogP) is 5.90. The Balaban J connectivity index is 1.75. The van der Waals surface area contributed by atoms with Crippen LogP contribution in [0.4, 0.5) is 0 Å². The number of aryl methyl sites for hydroxylation is 1. The Kier molecular flexibility index (Phi) is 6.62. The minimum atomic E-state index is -0.505. The summed E-state index contributed by atoms with van der Waals surface area (Å²) in [4.78, 5) is 0. The Bertz CT molecular complexity index is 987. The molecule has 4 nitrogen and oxygen atoms in total. The number of nitrogens with one attached hydrogen (secondary N) is 1. The van der Waals surface area contributed by atoms with Crippen molar-refractivity contribution in [1.29, 1.82) is 5.26 Å². The quantitative estimate of drug-likeness (QED) is 0.561. The van der Waals surface area contributed by atoms with Crippen molar-refractivity contribution in [3.8, 4) is 6.07 Å². The number of nitriles is 1. The van der Waals surface area contributed by atoms with E-state index in [0.717, 1.165) is 49.2 Å². The zero-order valence-electron chi connectivity index (χ0n) is 18.4. The number of nitrogens with zero attached hydrogens (tertiary/aromatic N) is 3. The van der Waals surface area contributed by atoms with E-state index in [-0.39, 0.29) is 0 Å². The minimum Gasteiger partial charge on any atom is -0.387 e. The standard InChI is InChI=1S/C26H32N4/c1-6-29-30-24(21(4)28-5)13-14-25(30)26(18-27)16-15-22(17-26)10-9-20(3)23-11-7-19(2)8-12-23/h6-8,11-14,22,28H,3-4,9-10,15-17H2,1-2,5H3/b29-6-. The number of aromatic nitrogens is 1. The van der Waals surface area contributed by atoms with Crippen LogP contribution in [0.5, 0.6) is 0 Å². The predicted molar refractivity (Wildman–Crippen MR) is 126 cm³/mol. The van der Waals surface area contributed by atoms with E-state index in [1.807, 2.05) is 30.8 Å². The fourth-order valence-electron chi connectivity index (χ4n) is 4.48. The second-order valence-electron chi connectivity index (χ2n) is 8.33. The van der Waals surface area contributed by atoms with Crippen molar-refractivity contribution in [2.45, 2.75) is 51.4 Å².